The van der Waals surface area contributed by atoms with Crippen molar-refractivity contribution in [3.8, 4) is 0 Å². The van der Waals surface area contributed by atoms with E-state index >= 15 is 0 Å². The van der Waals surface area contributed by atoms with Crippen molar-refractivity contribution < 1.29 is 27.2 Å². The third-order valence-corrected chi connectivity index (χ3v) is 3.59. The van der Waals surface area contributed by atoms with Crippen LogP contribution in [0.3, 0.4) is 0 Å². The van der Waals surface area contributed by atoms with Gasteiger partial charge in [0.15, 0.2) is 5.69 Å². The Bertz CT molecular complexity index is 735. The van der Waals surface area contributed by atoms with Crippen LogP contribution in [0.1, 0.15) is 33.1 Å². The second-order valence-corrected chi connectivity index (χ2v) is 5.04. The first kappa shape index (κ1) is 15.5. The van der Waals surface area contributed by atoms with Gasteiger partial charge in [-0.25, -0.2) is 0 Å². The quantitative estimate of drug-likeness (QED) is 0.921. The van der Waals surface area contributed by atoms with Crippen molar-refractivity contribution in [3.63, 3.8) is 0 Å². The molecule has 3 heterocycles. The molecule has 10 heteroatoms. The molecule has 0 atom stereocenters. The van der Waals surface area contributed by atoms with Gasteiger partial charge >= 0.3 is 6.18 Å². The Morgan fingerprint density at radius 2 is 2.26 bits per heavy atom. The Kier molecular flexibility index (Phi) is 3.84. The average molecular weight is 330 g/mol. The fourth-order valence-electron chi connectivity index (χ4n) is 2.36. The summed E-state index contributed by atoms with van der Waals surface area (Å²) in [6.45, 7) is 0.348. The molecule has 7 nitrogen and oxygen atoms in total. The predicted molar refractivity (Wildman–Crippen MR) is 69.2 cm³/mol. The maximum Gasteiger partial charge on any atom is 0.419 e. The number of alkyl halides is 3. The summed E-state index contributed by atoms with van der Waals surface area (Å²) in [6.07, 6.45) is -3.29. The molecular formula is C13H13F3N4O3. The molecule has 0 saturated carbocycles. The van der Waals surface area contributed by atoms with Gasteiger partial charge in [0.2, 0.25) is 0 Å². The van der Waals surface area contributed by atoms with Gasteiger partial charge in [0, 0.05) is 13.5 Å². The number of carbonyl (C=O) groups is 1. The van der Waals surface area contributed by atoms with Crippen LogP contribution in [-0.2, 0) is 37.5 Å². The van der Waals surface area contributed by atoms with Crippen LogP contribution in [0.4, 0.5) is 13.2 Å². The zero-order valence-corrected chi connectivity index (χ0v) is 12.1. The lowest BCUT2D eigenvalue weighted by molar-refractivity contribution is -0.138. The maximum atomic E-state index is 12.9. The monoisotopic (exact) mass is 330 g/mol. The highest BCUT2D eigenvalue weighted by atomic mass is 19.4. The van der Waals surface area contributed by atoms with Crippen molar-refractivity contribution in [2.24, 2.45) is 7.05 Å². The summed E-state index contributed by atoms with van der Waals surface area (Å²) in [5.74, 6) is -0.0484. The van der Waals surface area contributed by atoms with Gasteiger partial charge in [-0.3, -0.25) is 9.48 Å². The van der Waals surface area contributed by atoms with E-state index in [0.717, 1.165) is 10.9 Å². The highest BCUT2D eigenvalue weighted by Crippen LogP contribution is 2.31. The molecule has 23 heavy (non-hydrogen) atoms. The van der Waals surface area contributed by atoms with E-state index in [9.17, 15) is 18.0 Å². The Balaban J connectivity index is 1.75. The zero-order chi connectivity index (χ0) is 16.6. The Labute approximate surface area is 128 Å². The number of fused-ring (bicyclic) bond motifs is 1. The Hall–Kier alpha value is -2.36. The zero-order valence-electron chi connectivity index (χ0n) is 12.1. The summed E-state index contributed by atoms with van der Waals surface area (Å²) in [5, 5.41) is 9.68. The molecule has 1 amide bonds. The minimum absolute atomic E-state index is 0.0374. The van der Waals surface area contributed by atoms with Crippen molar-refractivity contribution in [1.29, 1.82) is 0 Å². The molecule has 0 bridgehead atoms. The Morgan fingerprint density at radius 3 is 3.00 bits per heavy atom. The molecule has 0 radical (unpaired) electrons. The normalized spacial score (nSPS) is 14.6. The SMILES string of the molecule is Cn1ncc(C(F)(F)F)c1CNC(=O)c1noc2c1COCC2. The minimum Gasteiger partial charge on any atom is -0.376 e. The Morgan fingerprint density at radius 1 is 1.48 bits per heavy atom. The van der Waals surface area contributed by atoms with Crippen LogP contribution in [0.2, 0.25) is 0 Å². The van der Waals surface area contributed by atoms with Gasteiger partial charge < -0.3 is 14.6 Å². The molecule has 1 aliphatic rings. The highest BCUT2D eigenvalue weighted by molar-refractivity contribution is 5.93. The van der Waals surface area contributed by atoms with Crippen LogP contribution >= 0.6 is 0 Å². The number of nitrogens with one attached hydrogen (secondary N) is 1. The number of rotatable bonds is 3. The van der Waals surface area contributed by atoms with Crippen LogP contribution < -0.4 is 5.32 Å². The summed E-state index contributed by atoms with van der Waals surface area (Å²) in [5.41, 5.74) is -0.449. The van der Waals surface area contributed by atoms with E-state index < -0.39 is 17.6 Å². The van der Waals surface area contributed by atoms with Crippen molar-refractivity contribution in [1.82, 2.24) is 20.3 Å². The molecule has 1 N–H and O–H groups in total. The van der Waals surface area contributed by atoms with E-state index in [1.54, 1.807) is 0 Å². The van der Waals surface area contributed by atoms with E-state index in [4.69, 9.17) is 9.26 Å². The molecule has 124 valence electrons. The van der Waals surface area contributed by atoms with Gasteiger partial charge in [-0.05, 0) is 0 Å². The summed E-state index contributed by atoms with van der Waals surface area (Å²) in [6, 6.07) is 0. The molecule has 1 aliphatic heterocycles. The van der Waals surface area contributed by atoms with Crippen LogP contribution in [0.5, 0.6) is 0 Å². The third-order valence-electron chi connectivity index (χ3n) is 3.59. The van der Waals surface area contributed by atoms with E-state index in [2.05, 4.69) is 15.6 Å². The highest BCUT2D eigenvalue weighted by Gasteiger charge is 2.36. The molecule has 0 unspecified atom stereocenters. The summed E-state index contributed by atoms with van der Waals surface area (Å²) in [4.78, 5) is 12.1. The first-order valence-electron chi connectivity index (χ1n) is 6.79. The number of ether oxygens (including phenoxy) is 1. The van der Waals surface area contributed by atoms with Crippen LogP contribution in [0, 0.1) is 0 Å². The minimum atomic E-state index is -4.53. The maximum absolute atomic E-state index is 12.9. The van der Waals surface area contributed by atoms with Crippen molar-refractivity contribution in [3.05, 3.63) is 34.5 Å². The summed E-state index contributed by atoms with van der Waals surface area (Å²) < 4.78 is 50.0. The second kappa shape index (κ2) is 5.69. The number of amides is 1. The molecule has 0 saturated heterocycles. The van der Waals surface area contributed by atoms with E-state index in [1.807, 2.05) is 0 Å². The van der Waals surface area contributed by atoms with Gasteiger partial charge in [0.25, 0.3) is 5.91 Å². The van der Waals surface area contributed by atoms with E-state index in [1.165, 1.54) is 7.05 Å². The molecule has 3 rings (SSSR count). The lowest BCUT2D eigenvalue weighted by atomic mass is 10.1. The average Bonchev–Trinajstić information content (AvgIpc) is 3.08. The van der Waals surface area contributed by atoms with E-state index in [0.29, 0.717) is 24.4 Å². The molecule has 2 aromatic heterocycles. The molecule has 2 aromatic rings. The predicted octanol–water partition coefficient (Wildman–Crippen LogP) is 1.43. The number of nitrogens with zero attached hydrogens (tertiary/aromatic N) is 3. The lowest BCUT2D eigenvalue weighted by Crippen LogP contribution is -2.27. The molecular weight excluding hydrogens is 317 g/mol. The van der Waals surface area contributed by atoms with Crippen molar-refractivity contribution >= 4 is 5.91 Å². The number of hydrogen-bond acceptors (Lipinski definition) is 5. The van der Waals surface area contributed by atoms with Gasteiger partial charge in [0.1, 0.15) is 5.76 Å². The summed E-state index contributed by atoms with van der Waals surface area (Å²) >= 11 is 0. The number of aromatic nitrogens is 3. The fourth-order valence-corrected chi connectivity index (χ4v) is 2.36. The number of aryl methyl sites for hydroxylation is 1. The first-order chi connectivity index (χ1) is 10.9. The van der Waals surface area contributed by atoms with Crippen molar-refractivity contribution in [2.75, 3.05) is 6.61 Å². The van der Waals surface area contributed by atoms with E-state index in [-0.39, 0.29) is 24.5 Å². The van der Waals surface area contributed by atoms with Crippen LogP contribution in [0.15, 0.2) is 10.7 Å². The number of halogens is 3. The number of carbonyl (C=O) groups excluding carboxylic acids is 1. The summed E-state index contributed by atoms with van der Waals surface area (Å²) in [7, 11) is 1.38. The topological polar surface area (TPSA) is 82.2 Å². The largest absolute Gasteiger partial charge is 0.419 e. The number of hydrogen-bond donors (Lipinski definition) is 1. The fraction of sp³-hybridized carbons (Fsp3) is 0.462. The second-order valence-electron chi connectivity index (χ2n) is 5.04. The van der Waals surface area contributed by atoms with Crippen molar-refractivity contribution in [2.45, 2.75) is 25.7 Å². The molecule has 0 aromatic carbocycles. The van der Waals surface area contributed by atoms with Crippen LogP contribution in [-0.4, -0.2) is 27.5 Å². The van der Waals surface area contributed by atoms with Gasteiger partial charge in [0.05, 0.1) is 42.8 Å². The van der Waals surface area contributed by atoms with Gasteiger partial charge in [-0.15, -0.1) is 0 Å². The molecule has 0 aliphatic carbocycles. The lowest BCUT2D eigenvalue weighted by Gasteiger charge is -2.12. The molecule has 0 fully saturated rings. The smallest absolute Gasteiger partial charge is 0.376 e. The van der Waals surface area contributed by atoms with Gasteiger partial charge in [-0.1, -0.05) is 5.16 Å². The first-order valence-corrected chi connectivity index (χ1v) is 6.79. The van der Waals surface area contributed by atoms with Gasteiger partial charge in [-0.2, -0.15) is 18.3 Å². The van der Waals surface area contributed by atoms with Crippen LogP contribution in [0.25, 0.3) is 0 Å². The third kappa shape index (κ3) is 2.93. The molecule has 0 spiro atoms. The standard InChI is InChI=1S/C13H13F3N4O3/c1-20-9(8(4-18-20)13(14,15)16)5-17-12(21)11-7-6-22-3-2-10(7)23-19-11/h4H,2-3,5-6H2,1H3,(H,17,21).